The lowest BCUT2D eigenvalue weighted by Crippen LogP contribution is -2.35. The highest BCUT2D eigenvalue weighted by atomic mass is 19.3. The first-order valence-electron chi connectivity index (χ1n) is 12.2. The number of nitrogens with zero attached hydrogens (tertiary/aromatic N) is 1. The number of nitrogens with two attached hydrogens (primary N) is 2. The van der Waals surface area contributed by atoms with Crippen molar-refractivity contribution in [2.75, 3.05) is 13.2 Å². The van der Waals surface area contributed by atoms with Gasteiger partial charge in [-0.15, -0.1) is 0 Å². The lowest BCUT2D eigenvalue weighted by Gasteiger charge is -2.18. The fourth-order valence-corrected chi connectivity index (χ4v) is 3.84. The van der Waals surface area contributed by atoms with E-state index in [1.807, 2.05) is 0 Å². The Morgan fingerprint density at radius 2 is 1.90 bits per heavy atom. The Balaban J connectivity index is 1.68. The van der Waals surface area contributed by atoms with Crippen LogP contribution in [-0.2, 0) is 4.74 Å². The van der Waals surface area contributed by atoms with Crippen LogP contribution in [0.3, 0.4) is 0 Å². The van der Waals surface area contributed by atoms with Gasteiger partial charge in [-0.3, -0.25) is 4.79 Å². The van der Waals surface area contributed by atoms with Crippen LogP contribution in [0, 0.1) is 17.6 Å². The molecule has 5 N–H and O–H groups in total. The molecule has 2 atom stereocenters. The van der Waals surface area contributed by atoms with Gasteiger partial charge in [-0.2, -0.15) is 8.78 Å². The van der Waals surface area contributed by atoms with E-state index in [2.05, 4.69) is 15.0 Å². The van der Waals surface area contributed by atoms with Crippen LogP contribution in [0.4, 0.5) is 22.4 Å². The molecule has 1 aliphatic carbocycles. The second-order valence-corrected chi connectivity index (χ2v) is 9.03. The van der Waals surface area contributed by atoms with Gasteiger partial charge < -0.3 is 35.4 Å². The number of aromatic nitrogens is 1. The molecule has 214 valence electrons. The lowest BCUT2D eigenvalue weighted by atomic mass is 10.1. The van der Waals surface area contributed by atoms with Crippen molar-refractivity contribution in [2.24, 2.45) is 17.4 Å². The average Bonchev–Trinajstić information content (AvgIpc) is 3.61. The van der Waals surface area contributed by atoms with E-state index in [1.165, 1.54) is 25.1 Å². The van der Waals surface area contributed by atoms with Gasteiger partial charge in [0.25, 0.3) is 5.91 Å². The molecule has 2 amide bonds. The van der Waals surface area contributed by atoms with Gasteiger partial charge in [0.2, 0.25) is 5.89 Å². The van der Waals surface area contributed by atoms with Crippen LogP contribution in [0.5, 0.6) is 11.5 Å². The second-order valence-electron chi connectivity index (χ2n) is 9.03. The van der Waals surface area contributed by atoms with Crippen LogP contribution in [0.15, 0.2) is 40.8 Å². The fourth-order valence-electron chi connectivity index (χ4n) is 3.84. The van der Waals surface area contributed by atoms with E-state index in [9.17, 15) is 27.2 Å². The van der Waals surface area contributed by atoms with Crippen molar-refractivity contribution in [1.82, 2.24) is 10.3 Å². The number of carbonyl (C=O) groups excluding carboxylic acids is 2. The minimum Gasteiger partial charge on any atom is -0.489 e. The van der Waals surface area contributed by atoms with Crippen LogP contribution in [0.25, 0.3) is 11.5 Å². The Kier molecular flexibility index (Phi) is 8.77. The minimum absolute atomic E-state index is 0.00636. The maximum Gasteiger partial charge on any atom is 0.405 e. The van der Waals surface area contributed by atoms with Crippen molar-refractivity contribution in [1.29, 1.82) is 0 Å². The van der Waals surface area contributed by atoms with E-state index in [4.69, 9.17) is 25.4 Å². The summed E-state index contributed by atoms with van der Waals surface area (Å²) in [6, 6.07) is 5.67. The molecule has 3 aromatic rings. The number of rotatable bonds is 12. The van der Waals surface area contributed by atoms with Gasteiger partial charge in [0.1, 0.15) is 11.6 Å². The SMILES string of the molecule is C[C@H](OC(N)=O)c1oc(-c2ccc(OC(F)F)c(OCC3CC3)c2)nc1C(=O)NC(CN)c1ccc(F)cc1F. The monoisotopic (exact) mass is 566 g/mol. The molecule has 1 aliphatic rings. The molecule has 1 unspecified atom stereocenters. The van der Waals surface area contributed by atoms with Gasteiger partial charge in [-0.1, -0.05) is 6.07 Å². The van der Waals surface area contributed by atoms with E-state index in [1.54, 1.807) is 0 Å². The number of benzene rings is 2. The van der Waals surface area contributed by atoms with Gasteiger partial charge in [0, 0.05) is 23.7 Å². The van der Waals surface area contributed by atoms with E-state index < -0.39 is 42.4 Å². The predicted molar refractivity (Wildman–Crippen MR) is 131 cm³/mol. The quantitative estimate of drug-likeness (QED) is 0.269. The Hall–Kier alpha value is -4.33. The van der Waals surface area contributed by atoms with Crippen molar-refractivity contribution in [3.05, 3.63) is 65.1 Å². The number of amides is 2. The number of halogens is 4. The third-order valence-corrected chi connectivity index (χ3v) is 5.99. The number of alkyl halides is 2. The predicted octanol–water partition coefficient (Wildman–Crippen LogP) is 4.60. The van der Waals surface area contributed by atoms with Crippen LogP contribution in [0.1, 0.15) is 53.7 Å². The molecule has 0 saturated heterocycles. The third-order valence-electron chi connectivity index (χ3n) is 5.99. The molecule has 4 rings (SSSR count). The topological polar surface area (TPSA) is 152 Å². The number of ether oxygens (including phenoxy) is 3. The smallest absolute Gasteiger partial charge is 0.405 e. The molecule has 1 heterocycles. The minimum atomic E-state index is -3.09. The summed E-state index contributed by atoms with van der Waals surface area (Å²) in [5.74, 6) is -2.88. The molecular formula is C26H26F4N4O6. The number of nitrogens with one attached hydrogen (secondary N) is 1. The Morgan fingerprint density at radius 1 is 1.15 bits per heavy atom. The molecule has 0 spiro atoms. The van der Waals surface area contributed by atoms with Crippen LogP contribution in [0.2, 0.25) is 0 Å². The number of carbonyl (C=O) groups is 2. The first-order valence-corrected chi connectivity index (χ1v) is 12.2. The van der Waals surface area contributed by atoms with Crippen molar-refractivity contribution in [3.8, 4) is 23.0 Å². The fraction of sp³-hybridized carbons (Fsp3) is 0.346. The summed E-state index contributed by atoms with van der Waals surface area (Å²) >= 11 is 0. The lowest BCUT2D eigenvalue weighted by molar-refractivity contribution is -0.0515. The molecular weight excluding hydrogens is 540 g/mol. The Morgan fingerprint density at radius 3 is 2.52 bits per heavy atom. The first kappa shape index (κ1) is 28.7. The zero-order valence-electron chi connectivity index (χ0n) is 21.2. The molecule has 0 bridgehead atoms. The molecule has 40 heavy (non-hydrogen) atoms. The number of oxazole rings is 1. The number of hydrogen-bond donors (Lipinski definition) is 3. The zero-order valence-corrected chi connectivity index (χ0v) is 21.2. The van der Waals surface area contributed by atoms with Crippen molar-refractivity contribution >= 4 is 12.0 Å². The highest BCUT2D eigenvalue weighted by Gasteiger charge is 2.30. The average molecular weight is 567 g/mol. The summed E-state index contributed by atoms with van der Waals surface area (Å²) in [4.78, 5) is 28.9. The van der Waals surface area contributed by atoms with Crippen LogP contribution < -0.4 is 26.3 Å². The Bertz CT molecular complexity index is 1380. The van der Waals surface area contributed by atoms with Gasteiger partial charge >= 0.3 is 12.7 Å². The highest BCUT2D eigenvalue weighted by molar-refractivity contribution is 5.94. The molecule has 14 heteroatoms. The largest absolute Gasteiger partial charge is 0.489 e. The summed E-state index contributed by atoms with van der Waals surface area (Å²) in [6.45, 7) is -1.69. The van der Waals surface area contributed by atoms with Crippen molar-refractivity contribution < 1.29 is 45.8 Å². The molecule has 10 nitrogen and oxygen atoms in total. The molecule has 2 aromatic carbocycles. The molecule has 0 aliphatic heterocycles. The number of primary amides is 1. The first-order chi connectivity index (χ1) is 19.0. The summed E-state index contributed by atoms with van der Waals surface area (Å²) in [6.07, 6.45) is -0.439. The van der Waals surface area contributed by atoms with Crippen LogP contribution in [-0.4, -0.2) is 36.7 Å². The van der Waals surface area contributed by atoms with Gasteiger partial charge in [-0.05, 0) is 49.9 Å². The molecule has 1 saturated carbocycles. The summed E-state index contributed by atoms with van der Waals surface area (Å²) in [5.41, 5.74) is 10.6. The summed E-state index contributed by atoms with van der Waals surface area (Å²) in [7, 11) is 0. The Labute approximate surface area is 225 Å². The maximum absolute atomic E-state index is 14.4. The van der Waals surface area contributed by atoms with Crippen molar-refractivity contribution in [3.63, 3.8) is 0 Å². The van der Waals surface area contributed by atoms with E-state index in [0.29, 0.717) is 12.0 Å². The van der Waals surface area contributed by atoms with Crippen LogP contribution >= 0.6 is 0 Å². The number of hydrogen-bond acceptors (Lipinski definition) is 8. The van der Waals surface area contributed by atoms with Crippen molar-refractivity contribution in [2.45, 2.75) is 38.5 Å². The van der Waals surface area contributed by atoms with Gasteiger partial charge in [0.05, 0.1) is 12.6 Å². The summed E-state index contributed by atoms with van der Waals surface area (Å²) < 4.78 is 74.5. The molecule has 1 aromatic heterocycles. The standard InChI is InChI=1S/C26H26F4N4O6/c1-12(38-26(32)36)22-21(23(35)33-18(10-31)16-6-5-15(27)9-17(16)28)34-24(40-22)14-4-7-19(39-25(29)30)20(8-14)37-11-13-2-3-13/h4-9,12-13,18,25H,2-3,10-11,31H2,1H3,(H2,32,36)(H,33,35)/t12-,18?/m0/s1. The third kappa shape index (κ3) is 7.00. The summed E-state index contributed by atoms with van der Waals surface area (Å²) in [5, 5.41) is 2.51. The normalized spacial score (nSPS) is 14.5. The van der Waals surface area contributed by atoms with E-state index in [0.717, 1.165) is 25.0 Å². The van der Waals surface area contributed by atoms with Gasteiger partial charge in [-0.25, -0.2) is 18.6 Å². The van der Waals surface area contributed by atoms with Gasteiger partial charge in [0.15, 0.2) is 29.1 Å². The zero-order chi connectivity index (χ0) is 29.0. The molecule has 0 radical (unpaired) electrons. The maximum atomic E-state index is 14.4. The highest BCUT2D eigenvalue weighted by Crippen LogP contribution is 2.37. The molecule has 1 fully saturated rings. The van der Waals surface area contributed by atoms with E-state index in [-0.39, 0.29) is 53.1 Å². The second kappa shape index (κ2) is 12.2. The van der Waals surface area contributed by atoms with E-state index >= 15 is 0 Å².